The number of nitrogens with zero attached hydrogens (tertiary/aromatic N) is 1. The highest BCUT2D eigenvalue weighted by molar-refractivity contribution is 8.16. The molecule has 0 bridgehead atoms. The number of likely N-dealkylation sites (N-methyl/N-ethyl adjacent to an activating group) is 1. The van der Waals surface area contributed by atoms with Crippen LogP contribution in [0.3, 0.4) is 0 Å². The van der Waals surface area contributed by atoms with E-state index in [9.17, 15) is 9.90 Å². The minimum Gasteiger partial charge on any atom is -0.507 e. The van der Waals surface area contributed by atoms with Crippen molar-refractivity contribution < 1.29 is 9.52 Å². The molecule has 2 aromatic rings. The van der Waals surface area contributed by atoms with Crippen LogP contribution >= 0.6 is 23.5 Å². The molecule has 1 fully saturated rings. The maximum Gasteiger partial charge on any atom is 0.341 e. The van der Waals surface area contributed by atoms with Gasteiger partial charge in [-0.3, -0.25) is 0 Å². The average Bonchev–Trinajstić information content (AvgIpc) is 2.56. The molecule has 1 aromatic carbocycles. The fourth-order valence-corrected chi connectivity index (χ4v) is 6.34. The van der Waals surface area contributed by atoms with Gasteiger partial charge in [0.1, 0.15) is 11.3 Å². The molecule has 0 spiro atoms. The normalized spacial score (nSPS) is 19.9. The fourth-order valence-electron chi connectivity index (χ4n) is 3.36. The highest BCUT2D eigenvalue weighted by Crippen LogP contribution is 2.49. The Balaban J connectivity index is 1.95. The second-order valence-electron chi connectivity index (χ2n) is 6.14. The summed E-state index contributed by atoms with van der Waals surface area (Å²) in [7, 11) is 2.02. The summed E-state index contributed by atoms with van der Waals surface area (Å²) < 4.78 is 5.84. The zero-order chi connectivity index (χ0) is 16.0. The summed E-state index contributed by atoms with van der Waals surface area (Å²) in [6, 6.07) is 3.66. The highest BCUT2D eigenvalue weighted by atomic mass is 32.2. The van der Waals surface area contributed by atoms with E-state index in [1.54, 1.807) is 6.07 Å². The minimum atomic E-state index is -0.253. The smallest absolute Gasteiger partial charge is 0.341 e. The van der Waals surface area contributed by atoms with Crippen LogP contribution in [0.2, 0.25) is 0 Å². The van der Waals surface area contributed by atoms with E-state index < -0.39 is 0 Å². The molecular weight excluding hydrogens is 330 g/mol. The maximum absolute atomic E-state index is 12.5. The van der Waals surface area contributed by atoms with Crippen LogP contribution in [0.5, 0.6) is 5.75 Å². The van der Waals surface area contributed by atoms with Crippen LogP contribution in [-0.2, 0) is 13.0 Å². The molecule has 2 aliphatic heterocycles. The Morgan fingerprint density at radius 2 is 2.04 bits per heavy atom. The number of phenols is 1. The van der Waals surface area contributed by atoms with Gasteiger partial charge in [0.25, 0.3) is 0 Å². The Labute approximate surface area is 143 Å². The molecule has 1 saturated heterocycles. The van der Waals surface area contributed by atoms with E-state index in [1.807, 2.05) is 36.6 Å². The topological polar surface area (TPSA) is 53.7 Å². The lowest BCUT2D eigenvalue weighted by Crippen LogP contribution is -2.31. The van der Waals surface area contributed by atoms with E-state index in [4.69, 9.17) is 4.42 Å². The SMILES string of the molecule is CN1CCc2c(c(=O)oc3c(C4SCCCS4)c(O)ccc23)C1. The van der Waals surface area contributed by atoms with Crippen LogP contribution in [0, 0.1) is 0 Å². The van der Waals surface area contributed by atoms with Crippen LogP contribution in [0.15, 0.2) is 21.3 Å². The van der Waals surface area contributed by atoms with E-state index >= 15 is 0 Å². The van der Waals surface area contributed by atoms with E-state index in [0.717, 1.165) is 46.5 Å². The lowest BCUT2D eigenvalue weighted by atomic mass is 9.96. The third-order valence-electron chi connectivity index (χ3n) is 4.54. The van der Waals surface area contributed by atoms with Crippen LogP contribution < -0.4 is 5.63 Å². The van der Waals surface area contributed by atoms with Crippen LogP contribution in [0.1, 0.15) is 27.7 Å². The molecule has 122 valence electrons. The number of fused-ring (bicyclic) bond motifs is 3. The molecule has 4 rings (SSSR count). The molecule has 6 heteroatoms. The Morgan fingerprint density at radius 1 is 1.26 bits per heavy atom. The molecule has 0 amide bonds. The largest absolute Gasteiger partial charge is 0.507 e. The average molecular weight is 349 g/mol. The Kier molecular flexibility index (Phi) is 4.07. The summed E-state index contributed by atoms with van der Waals surface area (Å²) in [6.07, 6.45) is 2.03. The first kappa shape index (κ1) is 15.4. The third kappa shape index (κ3) is 2.66. The molecule has 2 aliphatic rings. The van der Waals surface area contributed by atoms with Crippen molar-refractivity contribution in [1.82, 2.24) is 4.90 Å². The number of hydrogen-bond donors (Lipinski definition) is 1. The van der Waals surface area contributed by atoms with Gasteiger partial charge in [0, 0.05) is 18.5 Å². The molecule has 1 aromatic heterocycles. The molecule has 0 atom stereocenters. The molecule has 23 heavy (non-hydrogen) atoms. The summed E-state index contributed by atoms with van der Waals surface area (Å²) in [5, 5.41) is 11.4. The van der Waals surface area contributed by atoms with Crippen LogP contribution in [-0.4, -0.2) is 35.1 Å². The second kappa shape index (κ2) is 6.07. The number of thioether (sulfide) groups is 2. The van der Waals surface area contributed by atoms with Crippen molar-refractivity contribution in [2.75, 3.05) is 25.1 Å². The number of benzene rings is 1. The third-order valence-corrected chi connectivity index (χ3v) is 7.48. The van der Waals surface area contributed by atoms with Crippen molar-refractivity contribution >= 4 is 34.5 Å². The number of phenolic OH excluding ortho intramolecular Hbond substituents is 1. The number of rotatable bonds is 1. The molecule has 0 radical (unpaired) electrons. The van der Waals surface area contributed by atoms with Gasteiger partial charge in [0.05, 0.1) is 15.7 Å². The zero-order valence-corrected chi connectivity index (χ0v) is 14.6. The van der Waals surface area contributed by atoms with E-state index in [0.29, 0.717) is 12.1 Å². The first-order valence-electron chi connectivity index (χ1n) is 7.87. The van der Waals surface area contributed by atoms with Crippen molar-refractivity contribution in [1.29, 1.82) is 0 Å². The summed E-state index contributed by atoms with van der Waals surface area (Å²) in [6.45, 7) is 1.57. The molecular formula is C17H19NO3S2. The van der Waals surface area contributed by atoms with Gasteiger partial charge < -0.3 is 14.4 Å². The Bertz CT molecular complexity index is 812. The summed E-state index contributed by atoms with van der Waals surface area (Å²) in [4.78, 5) is 14.6. The number of aromatic hydroxyl groups is 1. The standard InChI is InChI=1S/C17H19NO3S2/c1-18-6-5-10-11-3-4-13(19)14(17-22-7-2-8-23-17)15(11)21-16(20)12(10)9-18/h3-4,17,19H,2,5-9H2,1H3. The van der Waals surface area contributed by atoms with Gasteiger partial charge in [-0.05, 0) is 49.1 Å². The van der Waals surface area contributed by atoms with Gasteiger partial charge in [-0.1, -0.05) is 0 Å². The lowest BCUT2D eigenvalue weighted by molar-refractivity contribution is 0.306. The first-order valence-corrected chi connectivity index (χ1v) is 9.97. The molecule has 4 nitrogen and oxygen atoms in total. The highest BCUT2D eigenvalue weighted by Gasteiger charge is 2.27. The van der Waals surface area contributed by atoms with Crippen molar-refractivity contribution in [3.63, 3.8) is 0 Å². The van der Waals surface area contributed by atoms with Crippen molar-refractivity contribution in [3.8, 4) is 5.75 Å². The summed E-state index contributed by atoms with van der Waals surface area (Å²) in [5.74, 6) is 2.39. The van der Waals surface area contributed by atoms with Crippen LogP contribution in [0.4, 0.5) is 0 Å². The van der Waals surface area contributed by atoms with Gasteiger partial charge in [-0.15, -0.1) is 23.5 Å². The summed E-state index contributed by atoms with van der Waals surface area (Å²) >= 11 is 3.64. The molecule has 3 heterocycles. The van der Waals surface area contributed by atoms with Crippen molar-refractivity contribution in [3.05, 3.63) is 39.2 Å². The van der Waals surface area contributed by atoms with Gasteiger partial charge in [0.2, 0.25) is 0 Å². The molecule has 1 N–H and O–H groups in total. The maximum atomic E-state index is 12.5. The molecule has 0 aliphatic carbocycles. The van der Waals surface area contributed by atoms with Crippen molar-refractivity contribution in [2.45, 2.75) is 24.0 Å². The zero-order valence-electron chi connectivity index (χ0n) is 13.0. The van der Waals surface area contributed by atoms with Gasteiger partial charge in [-0.2, -0.15) is 0 Å². The number of hydrogen-bond acceptors (Lipinski definition) is 6. The second-order valence-corrected chi connectivity index (χ2v) is 8.86. The Morgan fingerprint density at radius 3 is 2.83 bits per heavy atom. The molecule has 0 saturated carbocycles. The van der Waals surface area contributed by atoms with Gasteiger partial charge >= 0.3 is 5.63 Å². The summed E-state index contributed by atoms with van der Waals surface area (Å²) in [5.41, 5.74) is 2.99. The molecule has 0 unspecified atom stereocenters. The monoisotopic (exact) mass is 349 g/mol. The van der Waals surface area contributed by atoms with Crippen molar-refractivity contribution in [2.24, 2.45) is 0 Å². The quantitative estimate of drug-likeness (QED) is 0.797. The van der Waals surface area contributed by atoms with Crippen LogP contribution in [0.25, 0.3) is 11.0 Å². The van der Waals surface area contributed by atoms with Gasteiger partial charge in [-0.25, -0.2) is 4.79 Å². The lowest BCUT2D eigenvalue weighted by Gasteiger charge is -2.26. The van der Waals surface area contributed by atoms with Gasteiger partial charge in [0.15, 0.2) is 0 Å². The predicted molar refractivity (Wildman–Crippen MR) is 96.5 cm³/mol. The predicted octanol–water partition coefficient (Wildman–Crippen LogP) is 3.36. The minimum absolute atomic E-state index is 0.139. The van der Waals surface area contributed by atoms with E-state index in [1.165, 1.54) is 6.42 Å². The van der Waals surface area contributed by atoms with E-state index in [2.05, 4.69) is 4.90 Å². The first-order chi connectivity index (χ1) is 11.1. The Hall–Kier alpha value is -1.11. The fraction of sp³-hybridized carbons (Fsp3) is 0.471. The van der Waals surface area contributed by atoms with E-state index in [-0.39, 0.29) is 16.0 Å².